The lowest BCUT2D eigenvalue weighted by atomic mass is 10.00. The zero-order valence-corrected chi connectivity index (χ0v) is 11.7. The second kappa shape index (κ2) is 5.55. The number of pyridine rings is 1. The van der Waals surface area contributed by atoms with Crippen molar-refractivity contribution in [3.05, 3.63) is 53.2 Å². The number of carbonyl (C=O) groups excluding carboxylic acids is 1. The van der Waals surface area contributed by atoms with Crippen molar-refractivity contribution in [1.29, 1.82) is 0 Å². The number of carbonyl (C=O) groups is 1. The number of aldehydes is 1. The molecule has 2 nitrogen and oxygen atoms in total. The lowest BCUT2D eigenvalue weighted by Crippen LogP contribution is -2.05. The van der Waals surface area contributed by atoms with Crippen LogP contribution in [0.25, 0.3) is 11.3 Å². The SMILES string of the molecule is O=Cc1cc(CC2CC2)cc(-c2ccc(C(F)(F)F)cn2)c1. The Morgan fingerprint density at radius 2 is 1.95 bits per heavy atom. The molecule has 0 spiro atoms. The van der Waals surface area contributed by atoms with Crippen molar-refractivity contribution in [1.82, 2.24) is 4.98 Å². The van der Waals surface area contributed by atoms with Gasteiger partial charge in [0.1, 0.15) is 6.29 Å². The highest BCUT2D eigenvalue weighted by molar-refractivity contribution is 5.79. The van der Waals surface area contributed by atoms with Crippen LogP contribution in [-0.2, 0) is 12.6 Å². The Morgan fingerprint density at radius 1 is 1.18 bits per heavy atom. The Balaban J connectivity index is 1.94. The van der Waals surface area contributed by atoms with E-state index < -0.39 is 11.7 Å². The zero-order chi connectivity index (χ0) is 15.7. The van der Waals surface area contributed by atoms with E-state index in [-0.39, 0.29) is 0 Å². The molecule has 0 saturated heterocycles. The van der Waals surface area contributed by atoms with E-state index >= 15 is 0 Å². The van der Waals surface area contributed by atoms with Crippen LogP contribution in [0.4, 0.5) is 13.2 Å². The predicted octanol–water partition coefficient (Wildman–Crippen LogP) is 4.53. The molecule has 0 radical (unpaired) electrons. The van der Waals surface area contributed by atoms with Crippen LogP contribution in [0.2, 0.25) is 0 Å². The summed E-state index contributed by atoms with van der Waals surface area (Å²) >= 11 is 0. The molecule has 1 fully saturated rings. The van der Waals surface area contributed by atoms with E-state index in [0.717, 1.165) is 30.5 Å². The summed E-state index contributed by atoms with van der Waals surface area (Å²) < 4.78 is 37.7. The van der Waals surface area contributed by atoms with Crippen LogP contribution in [0.1, 0.15) is 34.3 Å². The quantitative estimate of drug-likeness (QED) is 0.777. The highest BCUT2D eigenvalue weighted by Crippen LogP contribution is 2.34. The molecule has 0 amide bonds. The van der Waals surface area contributed by atoms with Crippen LogP contribution in [-0.4, -0.2) is 11.3 Å². The van der Waals surface area contributed by atoms with Gasteiger partial charge in [0.05, 0.1) is 11.3 Å². The summed E-state index contributed by atoms with van der Waals surface area (Å²) in [5.74, 6) is 0.662. The fourth-order valence-electron chi connectivity index (χ4n) is 2.44. The molecule has 5 heteroatoms. The first kappa shape index (κ1) is 14.8. The molecule has 0 bridgehead atoms. The second-order valence-electron chi connectivity index (χ2n) is 5.66. The van der Waals surface area contributed by atoms with Gasteiger partial charge in [0.2, 0.25) is 0 Å². The summed E-state index contributed by atoms with van der Waals surface area (Å²) in [6, 6.07) is 7.74. The molecule has 1 aromatic carbocycles. The van der Waals surface area contributed by atoms with Gasteiger partial charge in [0, 0.05) is 17.3 Å². The normalized spacial score (nSPS) is 14.9. The van der Waals surface area contributed by atoms with E-state index in [1.165, 1.54) is 18.9 Å². The Morgan fingerprint density at radius 3 is 2.50 bits per heavy atom. The number of alkyl halides is 3. The third-order valence-electron chi connectivity index (χ3n) is 3.76. The van der Waals surface area contributed by atoms with Crippen molar-refractivity contribution < 1.29 is 18.0 Å². The average Bonchev–Trinajstić information content (AvgIpc) is 3.30. The van der Waals surface area contributed by atoms with Crippen LogP contribution in [0.3, 0.4) is 0 Å². The van der Waals surface area contributed by atoms with E-state index in [2.05, 4.69) is 4.98 Å². The van der Waals surface area contributed by atoms with Crippen LogP contribution in [0.15, 0.2) is 36.5 Å². The number of rotatable bonds is 4. The molecule has 1 heterocycles. The molecule has 0 atom stereocenters. The average molecular weight is 305 g/mol. The van der Waals surface area contributed by atoms with E-state index in [4.69, 9.17) is 0 Å². The molecule has 114 valence electrons. The lowest BCUT2D eigenvalue weighted by molar-refractivity contribution is -0.137. The first-order valence-corrected chi connectivity index (χ1v) is 7.08. The maximum absolute atomic E-state index is 12.6. The predicted molar refractivity (Wildman–Crippen MR) is 76.5 cm³/mol. The van der Waals surface area contributed by atoms with Crippen molar-refractivity contribution in [3.8, 4) is 11.3 Å². The van der Waals surface area contributed by atoms with Crippen LogP contribution >= 0.6 is 0 Å². The molecule has 0 N–H and O–H groups in total. The topological polar surface area (TPSA) is 30.0 Å². The van der Waals surface area contributed by atoms with Gasteiger partial charge in [-0.05, 0) is 61.1 Å². The number of hydrogen-bond acceptors (Lipinski definition) is 2. The molecule has 0 aliphatic heterocycles. The van der Waals surface area contributed by atoms with Gasteiger partial charge in [-0.15, -0.1) is 0 Å². The molecule has 22 heavy (non-hydrogen) atoms. The van der Waals surface area contributed by atoms with Gasteiger partial charge in [-0.3, -0.25) is 9.78 Å². The van der Waals surface area contributed by atoms with E-state index in [1.807, 2.05) is 12.1 Å². The standard InChI is InChI=1S/C17H14F3NO/c18-17(19,20)15-3-4-16(21-9-15)14-7-12(5-11-1-2-11)6-13(8-14)10-22/h3-4,6-11H,1-2,5H2. The first-order valence-electron chi connectivity index (χ1n) is 7.08. The highest BCUT2D eigenvalue weighted by atomic mass is 19.4. The number of aromatic nitrogens is 1. The largest absolute Gasteiger partial charge is 0.417 e. The summed E-state index contributed by atoms with van der Waals surface area (Å²) in [5.41, 5.74) is 1.89. The van der Waals surface area contributed by atoms with Crippen molar-refractivity contribution in [2.75, 3.05) is 0 Å². The molecule has 1 aromatic heterocycles. The van der Waals surface area contributed by atoms with Crippen LogP contribution in [0, 0.1) is 5.92 Å². The molecule has 2 aromatic rings. The summed E-state index contributed by atoms with van der Waals surface area (Å²) in [6.07, 6.45) is 0.467. The van der Waals surface area contributed by atoms with Crippen molar-refractivity contribution in [2.45, 2.75) is 25.4 Å². The van der Waals surface area contributed by atoms with E-state index in [1.54, 1.807) is 6.07 Å². The third kappa shape index (κ3) is 3.35. The number of benzene rings is 1. The van der Waals surface area contributed by atoms with E-state index in [0.29, 0.717) is 22.7 Å². The van der Waals surface area contributed by atoms with Gasteiger partial charge < -0.3 is 0 Å². The van der Waals surface area contributed by atoms with Crippen molar-refractivity contribution >= 4 is 6.29 Å². The Labute approximate surface area is 126 Å². The first-order chi connectivity index (χ1) is 10.5. The number of hydrogen-bond donors (Lipinski definition) is 0. The zero-order valence-electron chi connectivity index (χ0n) is 11.7. The highest BCUT2D eigenvalue weighted by Gasteiger charge is 2.30. The Bertz CT molecular complexity index is 688. The summed E-state index contributed by atoms with van der Waals surface area (Å²) in [6.45, 7) is 0. The van der Waals surface area contributed by atoms with Crippen molar-refractivity contribution in [2.24, 2.45) is 5.92 Å². The number of halogens is 3. The molecule has 1 saturated carbocycles. The Kier molecular flexibility index (Phi) is 3.72. The van der Waals surface area contributed by atoms with Gasteiger partial charge in [-0.25, -0.2) is 0 Å². The summed E-state index contributed by atoms with van der Waals surface area (Å²) in [4.78, 5) is 15.0. The minimum Gasteiger partial charge on any atom is -0.298 e. The van der Waals surface area contributed by atoms with Gasteiger partial charge in [-0.1, -0.05) is 0 Å². The minimum atomic E-state index is -4.40. The fraction of sp³-hybridized carbons (Fsp3) is 0.294. The summed E-state index contributed by atoms with van der Waals surface area (Å²) in [5, 5.41) is 0. The van der Waals surface area contributed by atoms with Gasteiger partial charge in [0.25, 0.3) is 0 Å². The monoisotopic (exact) mass is 305 g/mol. The molecule has 0 unspecified atom stereocenters. The Hall–Kier alpha value is -2.17. The summed E-state index contributed by atoms with van der Waals surface area (Å²) in [7, 11) is 0. The fourth-order valence-corrected chi connectivity index (χ4v) is 2.44. The molecular weight excluding hydrogens is 291 g/mol. The van der Waals surface area contributed by atoms with Crippen molar-refractivity contribution in [3.63, 3.8) is 0 Å². The maximum atomic E-state index is 12.6. The van der Waals surface area contributed by atoms with Gasteiger partial charge >= 0.3 is 6.18 Å². The lowest BCUT2D eigenvalue weighted by Gasteiger charge is -2.09. The van der Waals surface area contributed by atoms with Gasteiger partial charge in [-0.2, -0.15) is 13.2 Å². The minimum absolute atomic E-state index is 0.439. The van der Waals surface area contributed by atoms with E-state index in [9.17, 15) is 18.0 Å². The maximum Gasteiger partial charge on any atom is 0.417 e. The van der Waals surface area contributed by atoms with Crippen LogP contribution < -0.4 is 0 Å². The smallest absolute Gasteiger partial charge is 0.298 e. The molecule has 1 aliphatic carbocycles. The molecular formula is C17H14F3NO. The molecule has 1 aliphatic rings. The second-order valence-corrected chi connectivity index (χ2v) is 5.66. The molecule has 3 rings (SSSR count). The number of nitrogens with zero attached hydrogens (tertiary/aromatic N) is 1. The third-order valence-corrected chi connectivity index (χ3v) is 3.76. The van der Waals surface area contributed by atoms with Crippen LogP contribution in [0.5, 0.6) is 0 Å². The van der Waals surface area contributed by atoms with Gasteiger partial charge in [0.15, 0.2) is 0 Å².